The number of fused-ring (bicyclic) bond motifs is 1. The average molecular weight is 494 g/mol. The predicted octanol–water partition coefficient (Wildman–Crippen LogP) is 5.37. The first-order valence-electron chi connectivity index (χ1n) is 11.8. The van der Waals surface area contributed by atoms with Crippen molar-refractivity contribution < 1.29 is 23.1 Å². The molecule has 1 heterocycles. The minimum absolute atomic E-state index is 0.0385. The van der Waals surface area contributed by atoms with Gasteiger partial charge >= 0.3 is 5.97 Å². The van der Waals surface area contributed by atoms with Crippen LogP contribution in [0.5, 0.6) is 5.75 Å². The zero-order chi connectivity index (χ0) is 25.0. The number of hydrogen-bond donors (Lipinski definition) is 1. The van der Waals surface area contributed by atoms with E-state index in [0.29, 0.717) is 30.8 Å². The fourth-order valence-corrected chi connectivity index (χ4v) is 6.66. The molecule has 0 radical (unpaired) electrons. The van der Waals surface area contributed by atoms with Crippen molar-refractivity contribution in [1.82, 2.24) is 4.31 Å². The number of sulfonamides is 1. The van der Waals surface area contributed by atoms with E-state index in [0.717, 1.165) is 27.6 Å². The van der Waals surface area contributed by atoms with E-state index in [2.05, 4.69) is 6.07 Å². The second-order valence-electron chi connectivity index (χ2n) is 9.05. The molecule has 2 atom stereocenters. The number of carbonyl (C=O) groups is 1. The second kappa shape index (κ2) is 10.6. The van der Waals surface area contributed by atoms with Crippen molar-refractivity contribution in [2.24, 2.45) is 5.92 Å². The van der Waals surface area contributed by atoms with Crippen LogP contribution < -0.4 is 4.74 Å². The zero-order valence-corrected chi connectivity index (χ0v) is 20.9. The quantitative estimate of drug-likeness (QED) is 0.405. The van der Waals surface area contributed by atoms with Crippen molar-refractivity contribution in [2.75, 3.05) is 20.2 Å². The van der Waals surface area contributed by atoms with Gasteiger partial charge in [0.25, 0.3) is 0 Å². The Balaban J connectivity index is 1.68. The lowest BCUT2D eigenvalue weighted by atomic mass is 9.85. The van der Waals surface area contributed by atoms with E-state index in [9.17, 15) is 13.2 Å². The second-order valence-corrected chi connectivity index (χ2v) is 11.0. The molecule has 0 bridgehead atoms. The van der Waals surface area contributed by atoms with Crippen molar-refractivity contribution >= 4 is 26.8 Å². The van der Waals surface area contributed by atoms with E-state index in [1.54, 1.807) is 23.5 Å². The summed E-state index contributed by atoms with van der Waals surface area (Å²) in [7, 11) is -2.09. The van der Waals surface area contributed by atoms with Crippen molar-refractivity contribution in [3.63, 3.8) is 0 Å². The Morgan fingerprint density at radius 2 is 1.86 bits per heavy atom. The van der Waals surface area contributed by atoms with Gasteiger partial charge in [-0.25, -0.2) is 8.42 Å². The summed E-state index contributed by atoms with van der Waals surface area (Å²) >= 11 is 0. The molecule has 0 aromatic heterocycles. The molecule has 6 nitrogen and oxygen atoms in total. The molecule has 0 aliphatic carbocycles. The molecule has 184 valence electrons. The number of nitrogens with zero attached hydrogens (tertiary/aromatic N) is 1. The molecule has 1 aliphatic heterocycles. The fraction of sp³-hybridized carbons (Fsp3) is 0.321. The third kappa shape index (κ3) is 5.41. The lowest BCUT2D eigenvalue weighted by Crippen LogP contribution is -2.29. The van der Waals surface area contributed by atoms with Gasteiger partial charge in [0.05, 0.1) is 12.0 Å². The molecule has 35 heavy (non-hydrogen) atoms. The minimum Gasteiger partial charge on any atom is -0.496 e. The maximum Gasteiger partial charge on any atom is 0.303 e. The van der Waals surface area contributed by atoms with Crippen LogP contribution in [0.2, 0.25) is 0 Å². The number of ether oxygens (including phenoxy) is 1. The molecule has 4 rings (SSSR count). The van der Waals surface area contributed by atoms with Crippen LogP contribution in [0.1, 0.15) is 36.3 Å². The van der Waals surface area contributed by atoms with Crippen molar-refractivity contribution in [1.29, 1.82) is 0 Å². The van der Waals surface area contributed by atoms with Crippen LogP contribution >= 0.6 is 0 Å². The average Bonchev–Trinajstić information content (AvgIpc) is 3.28. The maximum absolute atomic E-state index is 13.9. The highest BCUT2D eigenvalue weighted by molar-refractivity contribution is 7.89. The van der Waals surface area contributed by atoms with Gasteiger partial charge in [0.15, 0.2) is 0 Å². The van der Waals surface area contributed by atoms with Crippen LogP contribution in [0, 0.1) is 12.8 Å². The summed E-state index contributed by atoms with van der Waals surface area (Å²) in [6, 6.07) is 18.9. The lowest BCUT2D eigenvalue weighted by molar-refractivity contribution is -0.136. The summed E-state index contributed by atoms with van der Waals surface area (Å²) in [6.45, 7) is 2.76. The molecule has 3 aromatic rings. The van der Waals surface area contributed by atoms with Gasteiger partial charge in [0.2, 0.25) is 10.0 Å². The Labute approximate surface area is 206 Å². The summed E-state index contributed by atoms with van der Waals surface area (Å²) in [5, 5.41) is 10.5. The molecule has 0 saturated carbocycles. The molecule has 3 aromatic carbocycles. The Bertz CT molecular complexity index is 1340. The van der Waals surface area contributed by atoms with Gasteiger partial charge in [-0.3, -0.25) is 4.79 Å². The van der Waals surface area contributed by atoms with E-state index in [1.807, 2.05) is 61.5 Å². The standard InChI is InChI=1S/C28H31NO5S/c1-20-15-16-26(34-2)24(17-20)25-19-29(18-22(25)10-4-3-5-14-28(30)31)35(32,33)27-13-8-11-21-9-6-7-12-23(21)27/h3-4,6-9,11-13,15-17,22,25H,5,10,14,18-19H2,1-2H3,(H,30,31)/b4-3-. The first-order chi connectivity index (χ1) is 16.8. The topological polar surface area (TPSA) is 83.9 Å². The summed E-state index contributed by atoms with van der Waals surface area (Å²) < 4.78 is 34.9. The van der Waals surface area contributed by atoms with Crippen molar-refractivity contribution in [3.05, 3.63) is 83.9 Å². The number of aliphatic carboxylic acids is 1. The molecular formula is C28H31NO5S. The number of hydrogen-bond acceptors (Lipinski definition) is 4. The largest absolute Gasteiger partial charge is 0.496 e. The first-order valence-corrected chi connectivity index (χ1v) is 13.2. The first kappa shape index (κ1) is 24.9. The van der Waals surface area contributed by atoms with Gasteiger partial charge in [-0.05, 0) is 48.8 Å². The normalized spacial score (nSPS) is 18.9. The van der Waals surface area contributed by atoms with Crippen LogP contribution in [-0.2, 0) is 14.8 Å². The van der Waals surface area contributed by atoms with Gasteiger partial charge in [-0.15, -0.1) is 0 Å². The van der Waals surface area contributed by atoms with Gasteiger partial charge in [-0.2, -0.15) is 4.31 Å². The van der Waals surface area contributed by atoms with E-state index in [1.165, 1.54) is 0 Å². The Morgan fingerprint density at radius 3 is 2.63 bits per heavy atom. The monoisotopic (exact) mass is 493 g/mol. The molecule has 0 spiro atoms. The smallest absolute Gasteiger partial charge is 0.303 e. The highest BCUT2D eigenvalue weighted by atomic mass is 32.2. The lowest BCUT2D eigenvalue weighted by Gasteiger charge is -2.21. The Morgan fingerprint density at radius 1 is 1.09 bits per heavy atom. The molecule has 1 fully saturated rings. The SMILES string of the molecule is COc1ccc(C)cc1C1CN(S(=O)(=O)c2cccc3ccccc23)CC1C/C=C\CCC(=O)O. The van der Waals surface area contributed by atoms with Crippen LogP contribution in [0.3, 0.4) is 0 Å². The number of allylic oxidation sites excluding steroid dienone is 2. The van der Waals surface area contributed by atoms with Gasteiger partial charge in [-0.1, -0.05) is 66.2 Å². The molecule has 2 unspecified atom stereocenters. The van der Waals surface area contributed by atoms with Crippen LogP contribution in [0.15, 0.2) is 77.7 Å². The third-order valence-corrected chi connectivity index (χ3v) is 8.58. The van der Waals surface area contributed by atoms with E-state index in [-0.39, 0.29) is 18.3 Å². The summed E-state index contributed by atoms with van der Waals surface area (Å²) in [6.07, 6.45) is 5.05. The van der Waals surface area contributed by atoms with E-state index >= 15 is 0 Å². The molecule has 1 N–H and O–H groups in total. The van der Waals surface area contributed by atoms with Crippen LogP contribution in [0.25, 0.3) is 10.8 Å². The fourth-order valence-electron chi connectivity index (χ4n) is 4.92. The summed E-state index contributed by atoms with van der Waals surface area (Å²) in [4.78, 5) is 11.1. The molecule has 0 amide bonds. The maximum atomic E-state index is 13.9. The number of methoxy groups -OCH3 is 1. The predicted molar refractivity (Wildman–Crippen MR) is 137 cm³/mol. The van der Waals surface area contributed by atoms with E-state index < -0.39 is 16.0 Å². The van der Waals surface area contributed by atoms with Crippen LogP contribution in [0.4, 0.5) is 0 Å². The summed E-state index contributed by atoms with van der Waals surface area (Å²) in [5.41, 5.74) is 2.10. The van der Waals surface area contributed by atoms with Gasteiger partial charge < -0.3 is 9.84 Å². The summed E-state index contributed by atoms with van der Waals surface area (Å²) in [5.74, 6) is -0.0784. The minimum atomic E-state index is -3.72. The highest BCUT2D eigenvalue weighted by Gasteiger charge is 2.41. The molecule has 1 saturated heterocycles. The van der Waals surface area contributed by atoms with Crippen LogP contribution in [-0.4, -0.2) is 44.0 Å². The Kier molecular flexibility index (Phi) is 7.57. The molecule has 1 aliphatic rings. The molecular weight excluding hydrogens is 462 g/mol. The van der Waals surface area contributed by atoms with Gasteiger partial charge in [0, 0.05) is 30.8 Å². The number of carboxylic acid groups (broad SMARTS) is 1. The molecule has 7 heteroatoms. The van der Waals surface area contributed by atoms with Crippen molar-refractivity contribution in [2.45, 2.75) is 37.0 Å². The highest BCUT2D eigenvalue weighted by Crippen LogP contribution is 2.42. The number of carboxylic acids is 1. The third-order valence-electron chi connectivity index (χ3n) is 6.69. The van der Waals surface area contributed by atoms with Crippen molar-refractivity contribution in [3.8, 4) is 5.75 Å². The Hall–Kier alpha value is -3.16. The van der Waals surface area contributed by atoms with Gasteiger partial charge in [0.1, 0.15) is 5.75 Å². The number of rotatable bonds is 9. The number of benzene rings is 3. The zero-order valence-electron chi connectivity index (χ0n) is 20.1. The van der Waals surface area contributed by atoms with E-state index in [4.69, 9.17) is 9.84 Å². The number of aryl methyl sites for hydroxylation is 1.